The van der Waals surface area contributed by atoms with Crippen LogP contribution >= 0.6 is 0 Å². The Hall–Kier alpha value is -4.15. The number of carbonyl (C=O) groups is 3. The molecule has 0 heterocycles. The Labute approximate surface area is 224 Å². The van der Waals surface area contributed by atoms with E-state index in [1.165, 1.54) is 11.0 Å². The average molecular weight is 535 g/mol. The number of aliphatic hydroxyl groups is 3. The normalized spacial score (nSPS) is 26.3. The first-order valence-corrected chi connectivity index (χ1v) is 12.7. The van der Waals surface area contributed by atoms with Gasteiger partial charge in [-0.2, -0.15) is 0 Å². The summed E-state index contributed by atoms with van der Waals surface area (Å²) in [5.41, 5.74) is 3.67. The lowest BCUT2D eigenvalue weighted by molar-refractivity contribution is -0.148. The maximum atomic E-state index is 13.9. The summed E-state index contributed by atoms with van der Waals surface area (Å²) in [5, 5.41) is 44.7. The number of nitrogens with two attached hydrogens (primary N) is 1. The summed E-state index contributed by atoms with van der Waals surface area (Å²) < 4.78 is 5.62. The van der Waals surface area contributed by atoms with Gasteiger partial charge in [0.2, 0.25) is 5.78 Å². The van der Waals surface area contributed by atoms with E-state index in [1.807, 2.05) is 31.2 Å². The molecule has 0 aliphatic heterocycles. The summed E-state index contributed by atoms with van der Waals surface area (Å²) in [4.78, 5) is 40.9. The number of hydrogen-bond acceptors (Lipinski definition) is 9. The van der Waals surface area contributed by atoms with Crippen molar-refractivity contribution in [3.8, 4) is 22.6 Å². The number of likely N-dealkylation sites (N-methyl/N-ethyl adjacent to an activating group) is 1. The van der Waals surface area contributed by atoms with E-state index in [-0.39, 0.29) is 29.7 Å². The van der Waals surface area contributed by atoms with E-state index in [9.17, 15) is 34.8 Å². The molecule has 0 bridgehead atoms. The first kappa shape index (κ1) is 26.5. The Balaban J connectivity index is 1.70. The van der Waals surface area contributed by atoms with Crippen molar-refractivity contribution in [1.82, 2.24) is 4.90 Å². The molecule has 1 amide bonds. The van der Waals surface area contributed by atoms with Crippen molar-refractivity contribution in [2.24, 2.45) is 17.6 Å². The fraction of sp³-hybridized carbons (Fsp3) is 0.345. The fourth-order valence-electron chi connectivity index (χ4n) is 6.44. The number of rotatable bonds is 5. The van der Waals surface area contributed by atoms with E-state index in [2.05, 4.69) is 0 Å². The van der Waals surface area contributed by atoms with Crippen LogP contribution in [0.2, 0.25) is 0 Å². The van der Waals surface area contributed by atoms with Crippen LogP contribution in [-0.4, -0.2) is 75.1 Å². The van der Waals surface area contributed by atoms with Crippen molar-refractivity contribution in [3.63, 3.8) is 0 Å². The lowest BCUT2D eigenvalue weighted by atomic mass is 9.58. The van der Waals surface area contributed by atoms with Gasteiger partial charge in [0.1, 0.15) is 28.6 Å². The number of carbonyl (C=O) groups excluding carboxylic acids is 3. The molecule has 204 valence electrons. The molecular formula is C29H30N2O8. The number of allylic oxidation sites excluding steroid dienone is 1. The molecule has 0 saturated carbocycles. The fourth-order valence-corrected chi connectivity index (χ4v) is 6.44. The molecule has 4 atom stereocenters. The van der Waals surface area contributed by atoms with Crippen LogP contribution in [0.15, 0.2) is 59.1 Å². The molecule has 0 fully saturated rings. The van der Waals surface area contributed by atoms with Crippen molar-refractivity contribution in [3.05, 3.63) is 70.2 Å². The predicted molar refractivity (Wildman–Crippen MR) is 140 cm³/mol. The van der Waals surface area contributed by atoms with Crippen molar-refractivity contribution in [2.75, 3.05) is 20.7 Å². The molecule has 0 radical (unpaired) electrons. The maximum Gasteiger partial charge on any atom is 0.255 e. The standard InChI is InChI=1S/C29H30N2O8/c1-4-39-15-7-5-6-13(10-15)16-8-9-19(32)21-17(16)11-14-12-18-23(31(2)3)25(34)22(28(30)37)27(36)29(18,38)26(35)20(14)24(21)33/h5-10,14,18,23,32,34-35,38H,4,11-12H2,1-3H3,(H2,30,37). The number of hydrogen-bond donors (Lipinski definition) is 5. The SMILES string of the molecule is CCOc1cccc(-c2ccc(O)c3c2CC2CC4C(N(C)C)C(O)=C(C(N)=O)C(=O)C4(O)C(O)=C2C3=O)c1. The zero-order valence-corrected chi connectivity index (χ0v) is 21.8. The molecule has 4 unspecified atom stereocenters. The van der Waals surface area contributed by atoms with Crippen LogP contribution in [0.3, 0.4) is 0 Å². The van der Waals surface area contributed by atoms with E-state index in [0.717, 1.165) is 5.56 Å². The van der Waals surface area contributed by atoms with Gasteiger partial charge in [0.15, 0.2) is 11.4 Å². The molecule has 2 aromatic carbocycles. The van der Waals surface area contributed by atoms with Crippen molar-refractivity contribution >= 4 is 17.5 Å². The maximum absolute atomic E-state index is 13.9. The van der Waals surface area contributed by atoms with Gasteiger partial charge in [-0.05, 0) is 74.7 Å². The summed E-state index contributed by atoms with van der Waals surface area (Å²) in [7, 11) is 3.18. The van der Waals surface area contributed by atoms with Crippen LogP contribution in [0, 0.1) is 11.8 Å². The number of primary amides is 1. The number of aliphatic hydroxyl groups excluding tert-OH is 2. The molecule has 0 saturated heterocycles. The van der Waals surface area contributed by atoms with Crippen LogP contribution < -0.4 is 10.5 Å². The van der Waals surface area contributed by atoms with E-state index in [0.29, 0.717) is 23.5 Å². The minimum atomic E-state index is -2.66. The Kier molecular flexibility index (Phi) is 6.27. The lowest BCUT2D eigenvalue weighted by Crippen LogP contribution is -2.63. The number of aromatic hydroxyl groups is 1. The summed E-state index contributed by atoms with van der Waals surface area (Å²) >= 11 is 0. The van der Waals surface area contributed by atoms with Crippen LogP contribution in [0.5, 0.6) is 11.5 Å². The molecule has 0 aromatic heterocycles. The number of nitrogens with zero attached hydrogens (tertiary/aromatic N) is 1. The van der Waals surface area contributed by atoms with Gasteiger partial charge in [0.25, 0.3) is 5.91 Å². The molecule has 6 N–H and O–H groups in total. The van der Waals surface area contributed by atoms with Crippen molar-refractivity contribution in [2.45, 2.75) is 31.4 Å². The van der Waals surface area contributed by atoms with E-state index < -0.39 is 58.0 Å². The lowest BCUT2D eigenvalue weighted by Gasteiger charge is -2.50. The van der Waals surface area contributed by atoms with Crippen molar-refractivity contribution < 1.29 is 39.5 Å². The summed E-state index contributed by atoms with van der Waals surface area (Å²) in [5.74, 6) is -6.11. The second-order valence-corrected chi connectivity index (χ2v) is 10.4. The zero-order valence-electron chi connectivity index (χ0n) is 21.8. The average Bonchev–Trinajstić information content (AvgIpc) is 2.86. The van der Waals surface area contributed by atoms with Gasteiger partial charge in [-0.15, -0.1) is 0 Å². The third-order valence-corrected chi connectivity index (χ3v) is 8.06. The molecule has 3 aliphatic rings. The Bertz CT molecular complexity index is 1490. The number of phenolic OH excluding ortho intramolecular Hbond substituents is 1. The molecule has 39 heavy (non-hydrogen) atoms. The number of benzene rings is 2. The van der Waals surface area contributed by atoms with E-state index >= 15 is 0 Å². The van der Waals surface area contributed by atoms with Gasteiger partial charge >= 0.3 is 0 Å². The third-order valence-electron chi connectivity index (χ3n) is 8.06. The monoisotopic (exact) mass is 534 g/mol. The molecule has 10 nitrogen and oxygen atoms in total. The molecule has 5 rings (SSSR count). The highest BCUT2D eigenvalue weighted by Crippen LogP contribution is 2.53. The second kappa shape index (κ2) is 9.25. The number of fused-ring (bicyclic) bond motifs is 3. The second-order valence-electron chi connectivity index (χ2n) is 10.4. The Morgan fingerprint density at radius 2 is 1.87 bits per heavy atom. The number of ketones is 2. The smallest absolute Gasteiger partial charge is 0.255 e. The van der Waals surface area contributed by atoms with Gasteiger partial charge in [-0.1, -0.05) is 18.2 Å². The predicted octanol–water partition coefficient (Wildman–Crippen LogP) is 2.19. The quantitative estimate of drug-likeness (QED) is 0.361. The van der Waals surface area contributed by atoms with Crippen molar-refractivity contribution in [1.29, 1.82) is 0 Å². The highest BCUT2D eigenvalue weighted by Gasteiger charge is 2.63. The first-order valence-electron chi connectivity index (χ1n) is 12.7. The molecule has 10 heteroatoms. The highest BCUT2D eigenvalue weighted by atomic mass is 16.5. The van der Waals surface area contributed by atoms with E-state index in [1.54, 1.807) is 20.2 Å². The number of phenols is 1. The highest BCUT2D eigenvalue weighted by molar-refractivity contribution is 6.24. The van der Waals surface area contributed by atoms with Crippen LogP contribution in [0.25, 0.3) is 11.1 Å². The van der Waals surface area contributed by atoms with Gasteiger partial charge in [0, 0.05) is 11.5 Å². The molecular weight excluding hydrogens is 504 g/mol. The van der Waals surface area contributed by atoms with Gasteiger partial charge in [0.05, 0.1) is 18.2 Å². The number of Topliss-reactive ketones (excluding diaryl/α,β-unsaturated/α-hetero) is 2. The third kappa shape index (κ3) is 3.74. The largest absolute Gasteiger partial charge is 0.510 e. The van der Waals surface area contributed by atoms with E-state index in [4.69, 9.17) is 10.5 Å². The minimum Gasteiger partial charge on any atom is -0.510 e. The molecule has 3 aliphatic carbocycles. The van der Waals surface area contributed by atoms with Crippen LogP contribution in [0.4, 0.5) is 0 Å². The minimum absolute atomic E-state index is 0.0276. The number of amides is 1. The van der Waals surface area contributed by atoms with Gasteiger partial charge in [-0.25, -0.2) is 0 Å². The molecule has 0 spiro atoms. The number of ether oxygens (including phenoxy) is 1. The summed E-state index contributed by atoms with van der Waals surface area (Å²) in [6, 6.07) is 9.38. The van der Waals surface area contributed by atoms with Gasteiger partial charge < -0.3 is 30.9 Å². The van der Waals surface area contributed by atoms with Crippen LogP contribution in [-0.2, 0) is 16.0 Å². The Morgan fingerprint density at radius 1 is 1.15 bits per heavy atom. The first-order chi connectivity index (χ1) is 18.4. The van der Waals surface area contributed by atoms with Gasteiger partial charge in [-0.3, -0.25) is 19.3 Å². The topological polar surface area (TPSA) is 171 Å². The van der Waals surface area contributed by atoms with Crippen LogP contribution in [0.1, 0.15) is 29.3 Å². The Morgan fingerprint density at radius 3 is 2.51 bits per heavy atom. The summed E-state index contributed by atoms with van der Waals surface area (Å²) in [6.45, 7) is 2.34. The molecule has 2 aromatic rings. The zero-order chi connectivity index (χ0) is 28.4. The summed E-state index contributed by atoms with van der Waals surface area (Å²) in [6.07, 6.45) is 0.233.